The molecule has 0 aromatic heterocycles. The van der Waals surface area contributed by atoms with Crippen LogP contribution in [0, 0.1) is 29.6 Å². The first-order valence-corrected chi connectivity index (χ1v) is 13.6. The van der Waals surface area contributed by atoms with Crippen LogP contribution in [0.3, 0.4) is 0 Å². The van der Waals surface area contributed by atoms with Gasteiger partial charge in [-0.15, -0.1) is 0 Å². The van der Waals surface area contributed by atoms with Gasteiger partial charge in [0.05, 0.1) is 18.6 Å². The lowest BCUT2D eigenvalue weighted by Crippen LogP contribution is -2.35. The number of carbonyl (C=O) groups excluding carboxylic acids is 2. The molecule has 1 heterocycles. The van der Waals surface area contributed by atoms with Gasteiger partial charge in [-0.1, -0.05) is 80.9 Å². The lowest BCUT2D eigenvalue weighted by molar-refractivity contribution is -0.143. The zero-order valence-corrected chi connectivity index (χ0v) is 24.3. The van der Waals surface area contributed by atoms with Gasteiger partial charge in [-0.05, 0) is 51.5 Å². The van der Waals surface area contributed by atoms with Gasteiger partial charge < -0.3 is 20.1 Å². The summed E-state index contributed by atoms with van der Waals surface area (Å²) in [5.74, 6) is -2.98. The van der Waals surface area contributed by atoms with Gasteiger partial charge in [0, 0.05) is 24.0 Å². The second kappa shape index (κ2) is 16.8. The smallest absolute Gasteiger partial charge is 0.331 e. The molecule has 0 spiro atoms. The molecule has 1 aliphatic rings. The number of ketones is 1. The average molecular weight is 543 g/mol. The van der Waals surface area contributed by atoms with Crippen molar-refractivity contribution in [2.75, 3.05) is 6.61 Å². The van der Waals surface area contributed by atoms with E-state index in [1.165, 1.54) is 6.08 Å². The lowest BCUT2D eigenvalue weighted by Gasteiger charge is -2.26. The van der Waals surface area contributed by atoms with Gasteiger partial charge in [0.15, 0.2) is 0 Å². The number of aliphatic hydroxyl groups excluding tert-OH is 2. The summed E-state index contributed by atoms with van der Waals surface area (Å²) in [4.78, 5) is 35.3. The Morgan fingerprint density at radius 2 is 1.72 bits per heavy atom. The lowest BCUT2D eigenvalue weighted by atomic mass is 9.82. The summed E-state index contributed by atoms with van der Waals surface area (Å²) in [6.45, 7) is 12.7. The van der Waals surface area contributed by atoms with Crippen LogP contribution in [0.25, 0.3) is 0 Å². The molecule has 216 valence electrons. The largest absolute Gasteiger partial charge is 0.478 e. The SMILES string of the molecule is CC(/C=C/C[C@@H](C)/C=C(C)/C=C/[C@@H]1OC(=O)C=C[C@@H]1C)=C\[C@H](CO)C(=O)[C@H](C)[C@H](O)[C@@H](C)C/C(C)=C/C(=O)O. The molecular weight excluding hydrogens is 496 g/mol. The standard InChI is InChI=1S/C32H46O7/c1-20(15-22(3)11-13-28-24(5)12-14-30(36)39-28)9-8-10-21(2)17-27(19-33)32(38)26(7)31(37)25(6)16-23(4)18-29(34)35/h8,10-15,17-18,20,24-28,31,33,37H,9,16,19H2,1-7H3,(H,34,35)/b10-8+,13-11+,21-17+,22-15+,23-18+/t20-,24+,25+,26-,27-,28+,31-/m1/s1. The third-order valence-corrected chi connectivity index (χ3v) is 6.88. The van der Waals surface area contributed by atoms with E-state index in [1.54, 1.807) is 26.8 Å². The zero-order valence-electron chi connectivity index (χ0n) is 24.3. The minimum absolute atomic E-state index is 0.135. The Kier molecular flexibility index (Phi) is 14.7. The number of ether oxygens (including phenoxy) is 1. The minimum Gasteiger partial charge on any atom is -0.478 e. The molecule has 7 atom stereocenters. The van der Waals surface area contributed by atoms with Crippen LogP contribution in [0.5, 0.6) is 0 Å². The van der Waals surface area contributed by atoms with E-state index in [0.29, 0.717) is 12.0 Å². The van der Waals surface area contributed by atoms with E-state index in [2.05, 4.69) is 13.0 Å². The van der Waals surface area contributed by atoms with Crippen LogP contribution in [0.4, 0.5) is 0 Å². The summed E-state index contributed by atoms with van der Waals surface area (Å²) in [5, 5.41) is 29.4. The van der Waals surface area contributed by atoms with E-state index >= 15 is 0 Å². The molecule has 1 aliphatic heterocycles. The number of carboxylic acid groups (broad SMARTS) is 1. The Bertz CT molecular complexity index is 1030. The van der Waals surface area contributed by atoms with Gasteiger partial charge in [0.1, 0.15) is 11.9 Å². The number of carboxylic acids is 1. The number of allylic oxidation sites excluding steroid dienone is 7. The fraction of sp³-hybridized carbons (Fsp3) is 0.531. The fourth-order valence-corrected chi connectivity index (χ4v) is 4.62. The summed E-state index contributed by atoms with van der Waals surface area (Å²) in [6, 6.07) is 0. The van der Waals surface area contributed by atoms with Crippen molar-refractivity contribution in [1.29, 1.82) is 0 Å². The first-order valence-electron chi connectivity index (χ1n) is 13.6. The summed E-state index contributed by atoms with van der Waals surface area (Å²) >= 11 is 0. The maximum atomic E-state index is 13.0. The molecule has 0 amide bonds. The van der Waals surface area contributed by atoms with E-state index in [9.17, 15) is 24.6 Å². The van der Waals surface area contributed by atoms with Crippen molar-refractivity contribution in [2.24, 2.45) is 29.6 Å². The van der Waals surface area contributed by atoms with Crippen LogP contribution in [0.1, 0.15) is 61.3 Å². The molecule has 0 bridgehead atoms. The topological polar surface area (TPSA) is 121 Å². The Morgan fingerprint density at radius 3 is 2.33 bits per heavy atom. The van der Waals surface area contributed by atoms with Crippen molar-refractivity contribution in [3.63, 3.8) is 0 Å². The van der Waals surface area contributed by atoms with Crippen LogP contribution in [0.15, 0.2) is 71.4 Å². The predicted molar refractivity (Wildman–Crippen MR) is 154 cm³/mol. The summed E-state index contributed by atoms with van der Waals surface area (Å²) in [6.07, 6.45) is 16.0. The highest BCUT2D eigenvalue weighted by molar-refractivity contribution is 5.85. The van der Waals surface area contributed by atoms with Crippen molar-refractivity contribution in [3.05, 3.63) is 71.4 Å². The molecule has 0 saturated heterocycles. The quantitative estimate of drug-likeness (QED) is 0.145. The number of aliphatic hydroxyl groups is 2. The van der Waals surface area contributed by atoms with E-state index in [4.69, 9.17) is 9.84 Å². The molecule has 0 fully saturated rings. The number of hydrogen-bond donors (Lipinski definition) is 3. The summed E-state index contributed by atoms with van der Waals surface area (Å²) in [5.41, 5.74) is 2.53. The van der Waals surface area contributed by atoms with Gasteiger partial charge in [-0.2, -0.15) is 0 Å². The fourth-order valence-electron chi connectivity index (χ4n) is 4.62. The van der Waals surface area contributed by atoms with Gasteiger partial charge in [0.2, 0.25) is 0 Å². The number of hydrogen-bond acceptors (Lipinski definition) is 6. The first-order chi connectivity index (χ1) is 18.2. The molecule has 0 saturated carbocycles. The van der Waals surface area contributed by atoms with Crippen molar-refractivity contribution >= 4 is 17.7 Å². The molecule has 0 aromatic carbocycles. The highest BCUT2D eigenvalue weighted by Crippen LogP contribution is 2.24. The number of cyclic esters (lactones) is 1. The Balaban J connectivity index is 2.71. The van der Waals surface area contributed by atoms with Crippen molar-refractivity contribution in [1.82, 2.24) is 0 Å². The molecule has 7 heteroatoms. The van der Waals surface area contributed by atoms with E-state index in [-0.39, 0.29) is 42.2 Å². The highest BCUT2D eigenvalue weighted by Gasteiger charge is 2.30. The van der Waals surface area contributed by atoms with Crippen LogP contribution < -0.4 is 0 Å². The van der Waals surface area contributed by atoms with Crippen molar-refractivity contribution in [2.45, 2.75) is 73.5 Å². The molecule has 0 aliphatic carbocycles. The van der Waals surface area contributed by atoms with Crippen molar-refractivity contribution in [3.8, 4) is 0 Å². The second-order valence-corrected chi connectivity index (χ2v) is 10.9. The maximum absolute atomic E-state index is 13.0. The van der Waals surface area contributed by atoms with Gasteiger partial charge in [-0.3, -0.25) is 4.79 Å². The molecule has 0 aromatic rings. The molecule has 0 unspecified atom stereocenters. The average Bonchev–Trinajstić information content (AvgIpc) is 2.85. The van der Waals surface area contributed by atoms with Crippen LogP contribution >= 0.6 is 0 Å². The number of Topliss-reactive ketones (excluding diaryl/α,β-unsaturated/α-hetero) is 1. The number of carbonyl (C=O) groups is 3. The van der Waals surface area contributed by atoms with Crippen LogP contribution in [-0.4, -0.2) is 51.9 Å². The van der Waals surface area contributed by atoms with Gasteiger partial charge >= 0.3 is 11.9 Å². The number of rotatable bonds is 15. The van der Waals surface area contributed by atoms with E-state index in [1.807, 2.05) is 51.2 Å². The Hall–Kier alpha value is -3.03. The Labute approximate surface area is 233 Å². The molecule has 7 nitrogen and oxygen atoms in total. The summed E-state index contributed by atoms with van der Waals surface area (Å²) < 4.78 is 5.34. The Morgan fingerprint density at radius 1 is 1.08 bits per heavy atom. The van der Waals surface area contributed by atoms with Crippen LogP contribution in [0.2, 0.25) is 0 Å². The first kappa shape index (κ1) is 34.0. The number of aliphatic carboxylic acids is 1. The molecular formula is C32H46O7. The maximum Gasteiger partial charge on any atom is 0.331 e. The van der Waals surface area contributed by atoms with Crippen molar-refractivity contribution < 1.29 is 34.4 Å². The van der Waals surface area contributed by atoms with Crippen LogP contribution in [-0.2, 0) is 19.1 Å². The predicted octanol–water partition coefficient (Wildman–Crippen LogP) is 5.37. The van der Waals surface area contributed by atoms with E-state index < -0.39 is 23.9 Å². The minimum atomic E-state index is -1.04. The normalized spacial score (nSPS) is 23.0. The zero-order chi connectivity index (χ0) is 29.7. The molecule has 0 radical (unpaired) electrons. The molecule has 39 heavy (non-hydrogen) atoms. The monoisotopic (exact) mass is 542 g/mol. The number of esters is 1. The highest BCUT2D eigenvalue weighted by atomic mass is 16.5. The third-order valence-electron chi connectivity index (χ3n) is 6.88. The molecule has 3 N–H and O–H groups in total. The summed E-state index contributed by atoms with van der Waals surface area (Å²) in [7, 11) is 0. The molecule has 1 rings (SSSR count). The van der Waals surface area contributed by atoms with Gasteiger partial charge in [-0.25, -0.2) is 9.59 Å². The van der Waals surface area contributed by atoms with Gasteiger partial charge in [0.25, 0.3) is 0 Å². The second-order valence-electron chi connectivity index (χ2n) is 10.9. The van der Waals surface area contributed by atoms with E-state index in [0.717, 1.165) is 23.6 Å². The third kappa shape index (κ3) is 12.6.